The summed E-state index contributed by atoms with van der Waals surface area (Å²) in [4.78, 5) is 0. The Kier molecular flexibility index (Phi) is 2.53. The maximum atomic E-state index is 5.09. The average Bonchev–Trinajstić information content (AvgIpc) is 0.592. The predicted octanol–water partition coefficient (Wildman–Crippen LogP) is -0.564. The molecule has 0 aromatic carbocycles. The number of halogens is 3. The normalized spacial score (nSPS) is 20.2. The van der Waals surface area contributed by atoms with E-state index in [1.54, 1.807) is 0 Å². The van der Waals surface area contributed by atoms with Crippen LogP contribution in [0.4, 0.5) is 0 Å². The van der Waals surface area contributed by atoms with Crippen molar-refractivity contribution >= 4 is 31.8 Å². The third kappa shape index (κ3) is 165. The van der Waals surface area contributed by atoms with Gasteiger partial charge in [0.1, 0.15) is 0 Å². The van der Waals surface area contributed by atoms with Crippen molar-refractivity contribution in [3.05, 3.63) is 0 Å². The van der Waals surface area contributed by atoms with Gasteiger partial charge in [0, 0.05) is 0 Å². The van der Waals surface area contributed by atoms with Gasteiger partial charge < -0.3 is 0 Å². The Bertz CT molecular complexity index is 69.8. The van der Waals surface area contributed by atoms with Crippen molar-refractivity contribution in [1.29, 1.82) is 0 Å². The van der Waals surface area contributed by atoms with Crippen molar-refractivity contribution < 1.29 is 11.4 Å². The summed E-state index contributed by atoms with van der Waals surface area (Å²) in [6.07, 6.45) is 0. The molecule has 0 fully saturated rings. The van der Waals surface area contributed by atoms with Gasteiger partial charge in [0.05, 0.1) is 0 Å². The van der Waals surface area contributed by atoms with Gasteiger partial charge >= 0.3 is 48.7 Å². The van der Waals surface area contributed by atoms with E-state index in [1.165, 1.54) is 0 Å². The molecule has 0 bridgehead atoms. The van der Waals surface area contributed by atoms with E-state index in [0.717, 1.165) is 0 Å². The molecule has 0 aromatic rings. The van der Waals surface area contributed by atoms with E-state index in [1.807, 2.05) is 0 Å². The van der Waals surface area contributed by atoms with Crippen molar-refractivity contribution in [2.75, 3.05) is 0 Å². The van der Waals surface area contributed by atoms with E-state index in [-0.39, 0.29) is 12.4 Å². The van der Waals surface area contributed by atoms with Gasteiger partial charge in [0.15, 0.2) is 0 Å². The van der Waals surface area contributed by atoms with Gasteiger partial charge in [-0.05, 0) is 0 Å². The summed E-state index contributed by atoms with van der Waals surface area (Å²) in [6.45, 7) is 0. The molecule has 0 aliphatic rings. The average molecular weight is 274 g/mol. The summed E-state index contributed by atoms with van der Waals surface area (Å²) < 4.78 is 19.5. The number of rotatable bonds is 0. The predicted molar refractivity (Wildman–Crippen MR) is 35.7 cm³/mol. The van der Waals surface area contributed by atoms with Gasteiger partial charge in [-0.3, -0.25) is 0 Å². The van der Waals surface area contributed by atoms with Crippen LogP contribution in [0.5, 0.6) is 0 Å². The van der Waals surface area contributed by atoms with Gasteiger partial charge in [-0.2, -0.15) is 0 Å². The molecule has 0 heterocycles. The summed E-state index contributed by atoms with van der Waals surface area (Å²) in [6, 6.07) is 0. The molecule has 59 valence electrons. The third-order valence-corrected chi connectivity index (χ3v) is 0. The Morgan fingerprint density at radius 1 is 0.875 bits per heavy atom. The second-order valence-corrected chi connectivity index (χ2v) is 16.8. The molecule has 0 radical (unpaired) electrons. The summed E-state index contributed by atoms with van der Waals surface area (Å²) in [5.41, 5.74) is 0. The zero-order valence-electron chi connectivity index (χ0n) is 3.81. The second-order valence-electron chi connectivity index (χ2n) is 1.30. The quantitative estimate of drug-likeness (QED) is 0.444. The van der Waals surface area contributed by atoms with Crippen molar-refractivity contribution in [3.8, 4) is 0 Å². The first kappa shape index (κ1) is 12.1. The van der Waals surface area contributed by atoms with Crippen LogP contribution >= 0.6 is 31.8 Å². The van der Waals surface area contributed by atoms with E-state index < -0.39 is 11.4 Å². The van der Waals surface area contributed by atoms with Crippen molar-refractivity contribution in [2.24, 2.45) is 17.9 Å². The fourth-order valence-corrected chi connectivity index (χ4v) is 0. The number of nitrogens with two attached hydrogens (primary N) is 4. The molecular formula is H9Cl3N4Rh. The molecule has 8 heavy (non-hydrogen) atoms. The summed E-state index contributed by atoms with van der Waals surface area (Å²) in [5.74, 6) is 0. The molecule has 0 aliphatic carbocycles. The molecule has 0 spiro atoms. The second kappa shape index (κ2) is 1.68. The van der Waals surface area contributed by atoms with Gasteiger partial charge in [-0.15, -0.1) is 12.4 Å². The zero-order valence-corrected chi connectivity index (χ0v) is 7.77. The topological polar surface area (TPSA) is 104 Å². The number of hydrogen-bond acceptors (Lipinski definition) is 4. The van der Waals surface area contributed by atoms with E-state index in [2.05, 4.69) is 0 Å². The third-order valence-electron chi connectivity index (χ3n) is 0. The molecule has 0 saturated heterocycles. The molecule has 0 atom stereocenters. The first-order chi connectivity index (χ1) is 2.45. The number of hydrogen-bond donors (Lipinski definition) is 4. The van der Waals surface area contributed by atoms with E-state index in [0.29, 0.717) is 0 Å². The van der Waals surface area contributed by atoms with Crippen LogP contribution in [-0.2, 0) is 11.4 Å². The Hall–Kier alpha value is 1.33. The van der Waals surface area contributed by atoms with Crippen LogP contribution in [0.25, 0.3) is 0 Å². The van der Waals surface area contributed by atoms with E-state index in [4.69, 9.17) is 37.3 Å². The van der Waals surface area contributed by atoms with Crippen molar-refractivity contribution in [3.63, 3.8) is 0 Å². The maximum absolute atomic E-state index is 5.09. The van der Waals surface area contributed by atoms with Crippen LogP contribution in [-0.4, -0.2) is 0 Å². The molecule has 8 heteroatoms. The molecule has 0 aromatic heterocycles. The summed E-state index contributed by atoms with van der Waals surface area (Å²) in [7, 11) is 10.2. The molecule has 0 aliphatic heterocycles. The van der Waals surface area contributed by atoms with Gasteiger partial charge in [-0.25, -0.2) is 0 Å². The van der Waals surface area contributed by atoms with Gasteiger partial charge in [-0.1, -0.05) is 0 Å². The molecular weight excluding hydrogens is 265 g/mol. The van der Waals surface area contributed by atoms with Gasteiger partial charge in [0.25, 0.3) is 0 Å². The van der Waals surface area contributed by atoms with E-state index >= 15 is 0 Å². The minimum atomic E-state index is -5.04. The minimum absolute atomic E-state index is 0. The van der Waals surface area contributed by atoms with Gasteiger partial charge in [0.2, 0.25) is 0 Å². The monoisotopic (exact) mass is 273 g/mol. The molecule has 4 nitrogen and oxygen atoms in total. The van der Waals surface area contributed by atoms with Crippen LogP contribution in [0, 0.1) is 0 Å². The molecule has 8 N–H and O–H groups in total. The van der Waals surface area contributed by atoms with Crippen LogP contribution in [0.2, 0.25) is 0 Å². The first-order valence-corrected chi connectivity index (χ1v) is 9.03. The zero-order chi connectivity index (χ0) is 6.41. The standard InChI is InChI=1S/3ClH.4H2N.Rh/h3*1H;4*1H2;/q;;;4*-1;+6/p-2. The fraction of sp³-hybridized carbons (Fsp3) is 0. The Labute approximate surface area is 61.0 Å². The summed E-state index contributed by atoms with van der Waals surface area (Å²) >= 11 is -5.04. The molecule has 0 saturated carbocycles. The van der Waals surface area contributed by atoms with Crippen molar-refractivity contribution in [2.45, 2.75) is 0 Å². The van der Waals surface area contributed by atoms with Crippen LogP contribution in [0.15, 0.2) is 0 Å². The Balaban J connectivity index is 0. The van der Waals surface area contributed by atoms with Crippen LogP contribution in [0.3, 0.4) is 0 Å². The molecule has 0 unspecified atom stereocenters. The fourth-order valence-electron chi connectivity index (χ4n) is 0. The summed E-state index contributed by atoms with van der Waals surface area (Å²) in [5, 5.41) is 0. The molecule has 0 amide bonds. The SMILES string of the molecule is Cl.[NH2][Rh]([NH2])([NH2])([NH2])([Cl])[Cl]. The van der Waals surface area contributed by atoms with Crippen LogP contribution < -0.4 is 17.9 Å². The first-order valence-electron chi connectivity index (χ1n) is 1.02. The Morgan fingerprint density at radius 2 is 0.875 bits per heavy atom. The van der Waals surface area contributed by atoms with Crippen molar-refractivity contribution in [1.82, 2.24) is 0 Å². The van der Waals surface area contributed by atoms with E-state index in [9.17, 15) is 0 Å². The van der Waals surface area contributed by atoms with Crippen LogP contribution in [0.1, 0.15) is 0 Å². The Morgan fingerprint density at radius 3 is 0.875 bits per heavy atom. The molecule has 0 rings (SSSR count).